The number of fused-ring (bicyclic) bond motifs is 1. The minimum absolute atomic E-state index is 0.0701. The number of hydrogen-bond donors (Lipinski definition) is 1. The van der Waals surface area contributed by atoms with E-state index in [1.807, 2.05) is 4.57 Å². The summed E-state index contributed by atoms with van der Waals surface area (Å²) in [4.78, 5) is 15.2. The lowest BCUT2D eigenvalue weighted by atomic mass is 10.1. The zero-order valence-electron chi connectivity index (χ0n) is 11.3. The largest absolute Gasteiger partial charge is 0.481 e. The molecule has 1 aliphatic rings. The second-order valence-electron chi connectivity index (χ2n) is 4.95. The molecule has 112 valence electrons. The molecule has 1 fully saturated rings. The molecule has 0 spiro atoms. The van der Waals surface area contributed by atoms with Crippen molar-refractivity contribution in [3.63, 3.8) is 0 Å². The van der Waals surface area contributed by atoms with Crippen LogP contribution in [0.25, 0.3) is 11.0 Å². The van der Waals surface area contributed by atoms with E-state index in [1.54, 1.807) is 6.07 Å². The number of carbonyl (C=O) groups is 1. The van der Waals surface area contributed by atoms with Gasteiger partial charge in [-0.3, -0.25) is 4.79 Å². The smallest absolute Gasteiger partial charge is 0.313 e. The monoisotopic (exact) mass is 310 g/mol. The molecule has 3 rings (SSSR count). The maximum atomic E-state index is 13.4. The third kappa shape index (κ3) is 3.03. The van der Waals surface area contributed by atoms with Crippen LogP contribution in [-0.4, -0.2) is 39.6 Å². The second kappa shape index (κ2) is 6.03. The molecule has 1 atom stereocenters. The molecule has 7 heteroatoms. The molecular formula is C14H15FN2O3S. The van der Waals surface area contributed by atoms with Crippen LogP contribution in [0.15, 0.2) is 23.4 Å². The topological polar surface area (TPSA) is 64.3 Å². The number of carboxylic acids is 1. The summed E-state index contributed by atoms with van der Waals surface area (Å²) in [6, 6.07) is 4.58. The van der Waals surface area contributed by atoms with Crippen molar-refractivity contribution in [1.82, 2.24) is 9.55 Å². The minimum atomic E-state index is -0.898. The Balaban J connectivity index is 2.03. The van der Waals surface area contributed by atoms with Gasteiger partial charge in [-0.15, -0.1) is 0 Å². The summed E-state index contributed by atoms with van der Waals surface area (Å²) in [7, 11) is 0. The molecule has 0 saturated carbocycles. The number of benzene rings is 1. The standard InChI is InChI=1S/C14H15FN2O3S/c15-9-3-4-12-11(6-9)16-14(21-8-13(18)19)17(12)10-2-1-5-20-7-10/h3-4,6,10H,1-2,5,7-8H2,(H,18,19). The number of rotatable bonds is 4. The lowest BCUT2D eigenvalue weighted by molar-refractivity contribution is -0.133. The van der Waals surface area contributed by atoms with Crippen molar-refractivity contribution in [2.75, 3.05) is 19.0 Å². The van der Waals surface area contributed by atoms with E-state index in [0.717, 1.165) is 36.7 Å². The molecular weight excluding hydrogens is 295 g/mol. The maximum absolute atomic E-state index is 13.4. The van der Waals surface area contributed by atoms with Gasteiger partial charge in [-0.05, 0) is 25.0 Å². The molecule has 1 unspecified atom stereocenters. The number of hydrogen-bond acceptors (Lipinski definition) is 4. The molecule has 1 aromatic heterocycles. The van der Waals surface area contributed by atoms with Crippen LogP contribution >= 0.6 is 11.8 Å². The van der Waals surface area contributed by atoms with E-state index in [4.69, 9.17) is 9.84 Å². The summed E-state index contributed by atoms with van der Waals surface area (Å²) in [5.74, 6) is -1.31. The molecule has 1 N–H and O–H groups in total. The van der Waals surface area contributed by atoms with Crippen LogP contribution in [0.4, 0.5) is 4.39 Å². The molecule has 0 radical (unpaired) electrons. The van der Waals surface area contributed by atoms with E-state index in [2.05, 4.69) is 4.98 Å². The Bertz CT molecular complexity index is 668. The molecule has 2 heterocycles. The third-order valence-corrected chi connectivity index (χ3v) is 4.38. The van der Waals surface area contributed by atoms with Crippen molar-refractivity contribution < 1.29 is 19.0 Å². The van der Waals surface area contributed by atoms with Crippen molar-refractivity contribution >= 4 is 28.8 Å². The average molecular weight is 310 g/mol. The van der Waals surface area contributed by atoms with Crippen LogP contribution in [0.3, 0.4) is 0 Å². The van der Waals surface area contributed by atoms with Gasteiger partial charge in [0, 0.05) is 12.7 Å². The zero-order valence-corrected chi connectivity index (χ0v) is 12.1. The highest BCUT2D eigenvalue weighted by molar-refractivity contribution is 7.99. The van der Waals surface area contributed by atoms with E-state index in [-0.39, 0.29) is 17.6 Å². The Morgan fingerprint density at radius 1 is 1.57 bits per heavy atom. The average Bonchev–Trinajstić information content (AvgIpc) is 2.83. The molecule has 2 aromatic rings. The molecule has 5 nitrogen and oxygen atoms in total. The van der Waals surface area contributed by atoms with E-state index in [1.165, 1.54) is 12.1 Å². The Kier molecular flexibility index (Phi) is 4.12. The van der Waals surface area contributed by atoms with Crippen LogP contribution < -0.4 is 0 Å². The molecule has 1 aliphatic heterocycles. The van der Waals surface area contributed by atoms with Crippen molar-refractivity contribution in [3.05, 3.63) is 24.0 Å². The summed E-state index contributed by atoms with van der Waals surface area (Å²) in [6.45, 7) is 1.32. The highest BCUT2D eigenvalue weighted by atomic mass is 32.2. The van der Waals surface area contributed by atoms with Gasteiger partial charge in [0.05, 0.1) is 29.4 Å². The first kappa shape index (κ1) is 14.3. The van der Waals surface area contributed by atoms with E-state index >= 15 is 0 Å². The molecule has 0 bridgehead atoms. The summed E-state index contributed by atoms with van der Waals surface area (Å²) in [5.41, 5.74) is 1.37. The highest BCUT2D eigenvalue weighted by Gasteiger charge is 2.22. The normalized spacial score (nSPS) is 19.0. The lowest BCUT2D eigenvalue weighted by Crippen LogP contribution is -2.22. The van der Waals surface area contributed by atoms with Crippen molar-refractivity contribution in [2.24, 2.45) is 0 Å². The van der Waals surface area contributed by atoms with Gasteiger partial charge in [-0.2, -0.15) is 0 Å². The van der Waals surface area contributed by atoms with Gasteiger partial charge >= 0.3 is 5.97 Å². The second-order valence-corrected chi connectivity index (χ2v) is 5.89. The third-order valence-electron chi connectivity index (χ3n) is 3.45. The fourth-order valence-electron chi connectivity index (χ4n) is 2.56. The highest BCUT2D eigenvalue weighted by Crippen LogP contribution is 2.31. The number of aromatic nitrogens is 2. The maximum Gasteiger partial charge on any atom is 0.313 e. The number of halogens is 1. The van der Waals surface area contributed by atoms with Crippen molar-refractivity contribution in [1.29, 1.82) is 0 Å². The van der Waals surface area contributed by atoms with E-state index < -0.39 is 5.97 Å². The van der Waals surface area contributed by atoms with Gasteiger partial charge in [-0.1, -0.05) is 11.8 Å². The summed E-state index contributed by atoms with van der Waals surface area (Å²) >= 11 is 1.15. The van der Waals surface area contributed by atoms with Crippen molar-refractivity contribution in [3.8, 4) is 0 Å². The summed E-state index contributed by atoms with van der Waals surface area (Å²) < 4.78 is 20.9. The SMILES string of the molecule is O=C(O)CSc1nc2cc(F)ccc2n1C1CCCOC1. The summed E-state index contributed by atoms with van der Waals surface area (Å²) in [6.07, 6.45) is 1.90. The number of aliphatic carboxylic acids is 1. The van der Waals surface area contributed by atoms with Crippen LogP contribution in [0, 0.1) is 5.82 Å². The quantitative estimate of drug-likeness (QED) is 0.880. The van der Waals surface area contributed by atoms with Gasteiger partial charge in [-0.25, -0.2) is 9.37 Å². The fourth-order valence-corrected chi connectivity index (χ4v) is 3.36. The number of thioether (sulfide) groups is 1. The number of ether oxygens (including phenoxy) is 1. The predicted octanol–water partition coefficient (Wildman–Crippen LogP) is 2.70. The fraction of sp³-hybridized carbons (Fsp3) is 0.429. The number of nitrogens with zero attached hydrogens (tertiary/aromatic N) is 2. The van der Waals surface area contributed by atoms with Crippen LogP contribution in [0.2, 0.25) is 0 Å². The molecule has 0 amide bonds. The number of imidazole rings is 1. The lowest BCUT2D eigenvalue weighted by Gasteiger charge is -2.25. The Morgan fingerprint density at radius 2 is 2.43 bits per heavy atom. The first-order chi connectivity index (χ1) is 10.1. The van der Waals surface area contributed by atoms with Crippen LogP contribution in [0.1, 0.15) is 18.9 Å². The van der Waals surface area contributed by atoms with Crippen LogP contribution in [-0.2, 0) is 9.53 Å². The first-order valence-corrected chi connectivity index (χ1v) is 7.73. The van der Waals surface area contributed by atoms with Gasteiger partial charge in [0.15, 0.2) is 5.16 Å². The molecule has 1 aromatic carbocycles. The Morgan fingerprint density at radius 3 is 3.14 bits per heavy atom. The Labute approximate surface area is 125 Å². The first-order valence-electron chi connectivity index (χ1n) is 6.75. The van der Waals surface area contributed by atoms with Crippen LogP contribution in [0.5, 0.6) is 0 Å². The number of carboxylic acid groups (broad SMARTS) is 1. The van der Waals surface area contributed by atoms with E-state index in [9.17, 15) is 9.18 Å². The molecule has 0 aliphatic carbocycles. The zero-order chi connectivity index (χ0) is 14.8. The summed E-state index contributed by atoms with van der Waals surface area (Å²) in [5, 5.41) is 9.46. The van der Waals surface area contributed by atoms with E-state index in [0.29, 0.717) is 17.3 Å². The Hall–Kier alpha value is -1.60. The van der Waals surface area contributed by atoms with Gasteiger partial charge in [0.1, 0.15) is 5.82 Å². The predicted molar refractivity (Wildman–Crippen MR) is 77.1 cm³/mol. The molecule has 21 heavy (non-hydrogen) atoms. The minimum Gasteiger partial charge on any atom is -0.481 e. The molecule has 1 saturated heterocycles. The van der Waals surface area contributed by atoms with Crippen molar-refractivity contribution in [2.45, 2.75) is 24.0 Å². The van der Waals surface area contributed by atoms with Gasteiger partial charge in [0.25, 0.3) is 0 Å². The van der Waals surface area contributed by atoms with Gasteiger partial charge < -0.3 is 14.4 Å². The van der Waals surface area contributed by atoms with Gasteiger partial charge in [0.2, 0.25) is 0 Å².